The first-order valence-corrected chi connectivity index (χ1v) is 26.1. The van der Waals surface area contributed by atoms with Gasteiger partial charge in [0.25, 0.3) is 0 Å². The molecule has 0 aromatic carbocycles. The van der Waals surface area contributed by atoms with Crippen LogP contribution in [0.4, 0.5) is 10.2 Å². The molecule has 7 rings (SSSR count). The summed E-state index contributed by atoms with van der Waals surface area (Å²) in [5, 5.41) is 5.07. The SMILES string of the molecule is C[Si](C)(C)CCOCN(COCC[Si](C)(C)C)c1c(C2CC2)c(C2C[C@H]3CC[C@@H](C2)C3)nc2c(-c3ccc(C4=NC(F)=CC4)nc3)cnn12. The zero-order valence-electron chi connectivity index (χ0n) is 30.5. The lowest BCUT2D eigenvalue weighted by Crippen LogP contribution is -2.34. The molecule has 3 aromatic heterocycles. The Morgan fingerprint density at radius 3 is 2.08 bits per heavy atom. The third-order valence-electron chi connectivity index (χ3n) is 10.8. The van der Waals surface area contributed by atoms with Crippen molar-refractivity contribution in [3.8, 4) is 11.1 Å². The largest absolute Gasteiger partial charge is 0.361 e. The summed E-state index contributed by atoms with van der Waals surface area (Å²) < 4.78 is 28.7. The van der Waals surface area contributed by atoms with E-state index in [1.54, 1.807) is 0 Å². The number of halogens is 1. The van der Waals surface area contributed by atoms with Gasteiger partial charge in [0.1, 0.15) is 19.3 Å². The third-order valence-corrected chi connectivity index (χ3v) is 14.2. The van der Waals surface area contributed by atoms with Gasteiger partial charge in [-0.1, -0.05) is 58.2 Å². The minimum atomic E-state index is -1.24. The highest BCUT2D eigenvalue weighted by Gasteiger charge is 2.41. The van der Waals surface area contributed by atoms with Crippen molar-refractivity contribution in [2.75, 3.05) is 31.6 Å². The number of hydrogen-bond donors (Lipinski definition) is 0. The average Bonchev–Trinajstić information content (AvgIpc) is 3.50. The Morgan fingerprint density at radius 2 is 1.53 bits per heavy atom. The Morgan fingerprint density at radius 1 is 0.857 bits per heavy atom. The molecule has 264 valence electrons. The molecule has 0 saturated heterocycles. The highest BCUT2D eigenvalue weighted by molar-refractivity contribution is 6.76. The summed E-state index contributed by atoms with van der Waals surface area (Å²) >= 11 is 0. The predicted octanol–water partition coefficient (Wildman–Crippen LogP) is 9.40. The topological polar surface area (TPSA) is 77.1 Å². The Labute approximate surface area is 293 Å². The summed E-state index contributed by atoms with van der Waals surface area (Å²) in [6.07, 6.45) is 14.7. The van der Waals surface area contributed by atoms with Crippen LogP contribution in [0.5, 0.6) is 0 Å². The molecule has 3 fully saturated rings. The van der Waals surface area contributed by atoms with E-state index in [2.05, 4.69) is 53.7 Å². The van der Waals surface area contributed by atoms with Crippen molar-refractivity contribution in [3.63, 3.8) is 0 Å². The van der Waals surface area contributed by atoms with Gasteiger partial charge >= 0.3 is 0 Å². The van der Waals surface area contributed by atoms with Crippen molar-refractivity contribution in [3.05, 3.63) is 53.5 Å². The van der Waals surface area contributed by atoms with Crippen LogP contribution in [-0.4, -0.2) is 68.1 Å². The lowest BCUT2D eigenvalue weighted by molar-refractivity contribution is 0.0940. The molecule has 0 radical (unpaired) electrons. The monoisotopic (exact) mass is 702 g/mol. The van der Waals surface area contributed by atoms with E-state index in [9.17, 15) is 4.39 Å². The minimum absolute atomic E-state index is 0.436. The third kappa shape index (κ3) is 8.26. The number of aromatic nitrogens is 4. The number of pyridine rings is 1. The molecule has 8 nitrogen and oxygen atoms in total. The number of ether oxygens (including phenoxy) is 2. The van der Waals surface area contributed by atoms with Gasteiger partial charge in [0.05, 0.1) is 23.3 Å². The first-order chi connectivity index (χ1) is 23.4. The normalized spacial score (nSPS) is 22.6. The van der Waals surface area contributed by atoms with Gasteiger partial charge in [-0.2, -0.15) is 14.0 Å². The Kier molecular flexibility index (Phi) is 10.00. The standard InChI is InChI=1S/C38H55FN6O2Si2/c1-48(2,3)17-15-46-24-44(25-47-16-18-49(4,5)6)38-35(28-9-10-28)36(30-20-26-7-8-27(19-26)21-30)43-37-31(23-41-45(37)38)29-11-12-32(40-22-29)33-13-14-34(39)42-33/h11-12,14,22-23,26-28,30H,7-10,13,15-21,24-25H2,1-6H3/t26-,27+,30?. The van der Waals surface area contributed by atoms with Gasteiger partial charge in [-0.15, -0.1) is 0 Å². The number of nitrogens with zero attached hydrogens (tertiary/aromatic N) is 6. The van der Waals surface area contributed by atoms with E-state index < -0.39 is 22.1 Å². The molecule has 4 aliphatic rings. The van der Waals surface area contributed by atoms with Gasteiger partial charge in [-0.05, 0) is 74.1 Å². The maximum atomic E-state index is 13.7. The van der Waals surface area contributed by atoms with Crippen molar-refractivity contribution in [2.24, 2.45) is 16.8 Å². The van der Waals surface area contributed by atoms with Crippen LogP contribution in [0.3, 0.4) is 0 Å². The number of hydrogen-bond acceptors (Lipinski definition) is 7. The van der Waals surface area contributed by atoms with Crippen LogP contribution in [0.15, 0.2) is 41.5 Å². The van der Waals surface area contributed by atoms with E-state index >= 15 is 0 Å². The number of anilines is 1. The summed E-state index contributed by atoms with van der Waals surface area (Å²) in [5.74, 6) is 3.22. The summed E-state index contributed by atoms with van der Waals surface area (Å²) in [6.45, 7) is 16.8. The van der Waals surface area contributed by atoms with Crippen LogP contribution in [0, 0.1) is 11.8 Å². The maximum Gasteiger partial charge on any atom is 0.209 e. The average molecular weight is 703 g/mol. The van der Waals surface area contributed by atoms with Gasteiger partial charge in [-0.3, -0.25) is 4.98 Å². The molecule has 3 aromatic rings. The maximum absolute atomic E-state index is 13.7. The minimum Gasteiger partial charge on any atom is -0.361 e. The summed E-state index contributed by atoms with van der Waals surface area (Å²) in [6, 6.07) is 6.23. The fourth-order valence-electron chi connectivity index (χ4n) is 7.87. The number of aliphatic imine (C=N–C) groups is 1. The van der Waals surface area contributed by atoms with Crippen molar-refractivity contribution in [2.45, 2.75) is 115 Å². The molecular weight excluding hydrogens is 648 g/mol. The molecule has 0 N–H and O–H groups in total. The molecule has 0 amide bonds. The number of allylic oxidation sites excluding steroid dienone is 1. The van der Waals surface area contributed by atoms with Crippen LogP contribution in [0.25, 0.3) is 16.8 Å². The lowest BCUT2D eigenvalue weighted by atomic mass is 9.78. The van der Waals surface area contributed by atoms with E-state index in [0.29, 0.717) is 43.1 Å². The molecule has 11 heteroatoms. The van der Waals surface area contributed by atoms with Crippen LogP contribution >= 0.6 is 0 Å². The van der Waals surface area contributed by atoms with E-state index in [1.165, 1.54) is 62.3 Å². The van der Waals surface area contributed by atoms with Gasteiger partial charge in [0, 0.05) is 64.6 Å². The fraction of sp³-hybridized carbons (Fsp3) is 0.632. The lowest BCUT2D eigenvalue weighted by Gasteiger charge is -2.33. The first-order valence-electron chi connectivity index (χ1n) is 18.6. The zero-order valence-corrected chi connectivity index (χ0v) is 32.5. The van der Waals surface area contributed by atoms with Crippen LogP contribution in [0.2, 0.25) is 51.4 Å². The zero-order chi connectivity index (χ0) is 34.3. The molecule has 49 heavy (non-hydrogen) atoms. The smallest absolute Gasteiger partial charge is 0.209 e. The quantitative estimate of drug-likeness (QED) is 0.0680. The molecular formula is C38H55FN6O2Si2. The fourth-order valence-corrected chi connectivity index (χ4v) is 9.39. The molecule has 1 aliphatic heterocycles. The second-order valence-electron chi connectivity index (χ2n) is 17.5. The van der Waals surface area contributed by atoms with Crippen molar-refractivity contribution < 1.29 is 13.9 Å². The van der Waals surface area contributed by atoms with E-state index in [1.807, 2.05) is 24.5 Å². The second-order valence-corrected chi connectivity index (χ2v) is 28.7. The number of fused-ring (bicyclic) bond motifs is 3. The van der Waals surface area contributed by atoms with Gasteiger partial charge in [0.15, 0.2) is 5.65 Å². The van der Waals surface area contributed by atoms with Crippen molar-refractivity contribution in [1.29, 1.82) is 0 Å². The summed E-state index contributed by atoms with van der Waals surface area (Å²) in [5.41, 5.74) is 6.78. The van der Waals surface area contributed by atoms with E-state index in [0.717, 1.165) is 59.7 Å². The van der Waals surface area contributed by atoms with Gasteiger partial charge in [0.2, 0.25) is 5.95 Å². The highest BCUT2D eigenvalue weighted by atomic mass is 28.3. The van der Waals surface area contributed by atoms with E-state index in [4.69, 9.17) is 24.5 Å². The molecule has 3 aliphatic carbocycles. The predicted molar refractivity (Wildman–Crippen MR) is 202 cm³/mol. The van der Waals surface area contributed by atoms with Crippen LogP contribution < -0.4 is 4.90 Å². The van der Waals surface area contributed by atoms with Crippen molar-refractivity contribution >= 4 is 33.3 Å². The Balaban J connectivity index is 1.30. The Hall–Kier alpha value is -2.74. The van der Waals surface area contributed by atoms with Gasteiger partial charge < -0.3 is 14.4 Å². The second kappa shape index (κ2) is 14.1. The molecule has 3 saturated carbocycles. The van der Waals surface area contributed by atoms with Crippen LogP contribution in [-0.2, 0) is 9.47 Å². The Bertz CT molecular complexity index is 1670. The molecule has 1 unspecified atom stereocenters. The number of rotatable bonds is 15. The molecule has 2 bridgehead atoms. The molecule has 0 spiro atoms. The first kappa shape index (κ1) is 34.7. The van der Waals surface area contributed by atoms with E-state index in [-0.39, 0.29) is 0 Å². The van der Waals surface area contributed by atoms with Crippen LogP contribution in [0.1, 0.15) is 80.2 Å². The summed E-state index contributed by atoms with van der Waals surface area (Å²) in [4.78, 5) is 16.7. The molecule has 4 heterocycles. The highest BCUT2D eigenvalue weighted by Crippen LogP contribution is 2.53. The summed E-state index contributed by atoms with van der Waals surface area (Å²) in [7, 11) is -2.49. The van der Waals surface area contributed by atoms with Crippen molar-refractivity contribution in [1.82, 2.24) is 19.6 Å². The molecule has 3 atom stereocenters. The van der Waals surface area contributed by atoms with Gasteiger partial charge in [-0.25, -0.2) is 9.98 Å².